The third kappa shape index (κ3) is 11.3. The molecule has 0 radical (unpaired) electrons. The first kappa shape index (κ1) is 44.1. The van der Waals surface area contributed by atoms with Crippen LogP contribution in [0.2, 0.25) is 0 Å². The molecular weight excluding hydrogens is 823 g/mol. The van der Waals surface area contributed by atoms with Gasteiger partial charge in [0.25, 0.3) is 0 Å². The van der Waals surface area contributed by atoms with Gasteiger partial charge >= 0.3 is 202 Å². The van der Waals surface area contributed by atoms with Gasteiger partial charge in [-0.2, -0.15) is 13.2 Å². The number of nitrogens with two attached hydrogens (primary N) is 3. The number of nitrogens with zero attached hydrogens (tertiary/aromatic N) is 6. The number of carbonyl (C=O) groups excluding carboxylic acids is 2. The number of esters is 1. The molecule has 30 heteroatoms. The Morgan fingerprint density at radius 1 is 1.11 bits per heavy atom. The number of imidazole rings is 1. The Morgan fingerprint density at radius 3 is 2.53 bits per heavy atom. The van der Waals surface area contributed by atoms with Crippen LogP contribution >= 0.6 is 16.0 Å². The van der Waals surface area contributed by atoms with Gasteiger partial charge in [0.15, 0.2) is 11.5 Å². The average Bonchev–Trinajstić information content (AvgIpc) is 3.81. The Balaban J connectivity index is 1.28. The second kappa shape index (κ2) is 17.9. The number of halogens is 3. The molecule has 1 amide bonds. The fourth-order valence-electron chi connectivity index (χ4n) is 5.76. The summed E-state index contributed by atoms with van der Waals surface area (Å²) in [5, 5.41) is 13.0. The van der Waals surface area contributed by atoms with Gasteiger partial charge in [0, 0.05) is 6.54 Å². The van der Waals surface area contributed by atoms with Crippen LogP contribution in [0.3, 0.4) is 0 Å². The van der Waals surface area contributed by atoms with Gasteiger partial charge in [-0.25, -0.2) is 15.0 Å². The monoisotopic (exact) mass is 862 g/mol. The first-order valence-electron chi connectivity index (χ1n) is 16.7. The van der Waals surface area contributed by atoms with Crippen LogP contribution in [0.25, 0.3) is 11.2 Å². The third-order valence-corrected chi connectivity index (χ3v) is 10.0. The van der Waals surface area contributed by atoms with Gasteiger partial charge in [-0.15, -0.1) is 0 Å². The van der Waals surface area contributed by atoms with Crippen LogP contribution in [0.1, 0.15) is 38.1 Å². The van der Waals surface area contributed by atoms with E-state index in [1.54, 1.807) is 5.32 Å². The molecule has 2 aliphatic rings. The number of hydrogen-bond acceptors (Lipinski definition) is 21. The molecule has 2 fully saturated rings. The fraction of sp³-hybridized carbons (Fsp3) is 0.593. The number of nitrogen functional groups attached to an aromatic ring is 2. The van der Waals surface area contributed by atoms with Gasteiger partial charge < -0.3 is 16.8 Å². The molecule has 3 aromatic rings. The van der Waals surface area contributed by atoms with Gasteiger partial charge in [-0.3, -0.25) is 9.59 Å². The molecule has 3 aromatic heterocycles. The first-order chi connectivity index (χ1) is 26.6. The summed E-state index contributed by atoms with van der Waals surface area (Å²) in [6, 6.07) is -0.128. The topological polar surface area (TPSA) is 376 Å². The van der Waals surface area contributed by atoms with Crippen LogP contribution in [0, 0.1) is 0 Å². The summed E-state index contributed by atoms with van der Waals surface area (Å²) in [4.78, 5) is 90.9. The van der Waals surface area contributed by atoms with Crippen molar-refractivity contribution in [2.75, 3.05) is 31.2 Å². The predicted molar refractivity (Wildman–Crippen MR) is 183 cm³/mol. The molecule has 318 valence electrons. The first-order valence-corrected chi connectivity index (χ1v) is 19.9. The van der Waals surface area contributed by atoms with E-state index in [0.717, 1.165) is 10.9 Å². The Hall–Kier alpha value is -4.02. The van der Waals surface area contributed by atoms with Gasteiger partial charge in [0.1, 0.15) is 17.9 Å². The number of hydrogen-bond donors (Lipinski definition) is 9. The average molecular weight is 863 g/mol. The quantitative estimate of drug-likeness (QED) is 0.0394. The number of amides is 1. The van der Waals surface area contributed by atoms with E-state index in [-0.39, 0.29) is 55.0 Å². The normalized spacial score (nSPS) is 25.9. The Morgan fingerprint density at radius 2 is 1.84 bits per heavy atom. The number of unbranched alkanes of at least 4 members (excludes halogenated alkanes) is 1. The Labute approximate surface area is 318 Å². The maximum absolute atomic E-state index is 13.3. The third-order valence-electron chi connectivity index (χ3n) is 8.46. The molecule has 5 rings (SSSR count). The zero-order valence-corrected chi connectivity index (χ0v) is 31.1. The molecule has 12 N–H and O–H groups in total. The van der Waals surface area contributed by atoms with Crippen molar-refractivity contribution in [1.82, 2.24) is 34.4 Å². The van der Waals surface area contributed by atoms with E-state index in [1.807, 2.05) is 0 Å². The molecule has 0 aromatic carbocycles. The molecule has 57 heavy (non-hydrogen) atoms. The molecule has 9 atom stereocenters. The van der Waals surface area contributed by atoms with E-state index in [4.69, 9.17) is 40.5 Å². The maximum atomic E-state index is 13.3. The van der Waals surface area contributed by atoms with Gasteiger partial charge in [0.2, 0.25) is 0 Å². The molecule has 0 aliphatic carbocycles. The van der Waals surface area contributed by atoms with E-state index >= 15 is 0 Å². The summed E-state index contributed by atoms with van der Waals surface area (Å²) in [6.45, 7) is -2.09. The van der Waals surface area contributed by atoms with Crippen LogP contribution in [0.15, 0.2) is 29.7 Å². The number of carbonyl (C=O) groups is 2. The summed E-state index contributed by atoms with van der Waals surface area (Å²) in [6.07, 6.45) is -12.5. The van der Waals surface area contributed by atoms with Crippen LogP contribution < -0.4 is 28.2 Å². The van der Waals surface area contributed by atoms with Gasteiger partial charge in [-0.1, -0.05) is 0 Å². The van der Waals surface area contributed by atoms with Gasteiger partial charge in [-0.05, 0) is 19.3 Å². The number of aromatic nitrogens is 6. The molecular formula is C27H39F3N10O15P2. The fourth-order valence-corrected chi connectivity index (χ4v) is 7.10. The standard InChI is InChI=1S/C27H39F3N10O15P2/c28-27(29,30)25(43)34-5-2-1-3-12(31)24(42)54-20-15(53-23(19(20)41)40-11-37-18-21(33)35-10-36-22(18)40)9-51-57(48,49)55-13-7-17(39-6-4-16(32)38-26(39)44)52-14(13)8-50-56(45,46)47/h4,6,10-15,17,19-20,23,41,45-47,56H,1-3,5,7-9,31H2,(H,34,43)(H,48,49)(H2,32,38,44)(H2,33,35,36)/t12-,13-,14+,15+,17+,19+,20+,23+/m0/s1. The number of ether oxygens (including phenoxy) is 3. The zero-order valence-electron chi connectivity index (χ0n) is 29.2. The van der Waals surface area contributed by atoms with Crippen molar-refractivity contribution >= 4 is 50.7 Å². The van der Waals surface area contributed by atoms with Crippen LogP contribution in [-0.2, 0) is 41.9 Å². The van der Waals surface area contributed by atoms with Crippen LogP contribution in [0.4, 0.5) is 24.8 Å². The number of nitrogens with one attached hydrogen (secondary N) is 1. The van der Waals surface area contributed by atoms with E-state index < -0.39 is 102 Å². The number of aliphatic hydroxyl groups is 1. The minimum atomic E-state index is -5.22. The van der Waals surface area contributed by atoms with Crippen molar-refractivity contribution in [1.29, 1.82) is 0 Å². The van der Waals surface area contributed by atoms with Crippen LogP contribution in [-0.4, -0.2) is 128 Å². The molecule has 0 spiro atoms. The zero-order chi connectivity index (χ0) is 41.9. The van der Waals surface area contributed by atoms with Crippen LogP contribution in [0.5, 0.6) is 0 Å². The molecule has 0 saturated carbocycles. The number of anilines is 2. The number of fused-ring (bicyclic) bond motifs is 1. The Bertz CT molecular complexity index is 2010. The number of rotatable bonds is 17. The number of phosphoric ester groups is 1. The predicted octanol–water partition coefficient (Wildman–Crippen LogP) is -2.21. The van der Waals surface area contributed by atoms with Crippen molar-refractivity contribution in [2.24, 2.45) is 5.73 Å². The van der Waals surface area contributed by atoms with Crippen molar-refractivity contribution in [3.63, 3.8) is 0 Å². The van der Waals surface area contributed by atoms with E-state index in [1.165, 1.54) is 23.2 Å². The molecule has 25 nitrogen and oxygen atoms in total. The molecule has 2 saturated heterocycles. The minimum absolute atomic E-state index is 0.0111. The summed E-state index contributed by atoms with van der Waals surface area (Å²) in [7, 11) is -10.3. The summed E-state index contributed by atoms with van der Waals surface area (Å²) < 4.78 is 84.9. The second-order valence-electron chi connectivity index (χ2n) is 12.6. The van der Waals surface area contributed by atoms with E-state index in [0.29, 0.717) is 0 Å². The van der Waals surface area contributed by atoms with Gasteiger partial charge in [0.05, 0.1) is 6.33 Å². The Kier molecular flexibility index (Phi) is 13.8. The summed E-state index contributed by atoms with van der Waals surface area (Å²) in [5.41, 5.74) is 16.6. The van der Waals surface area contributed by atoms with Crippen molar-refractivity contribution in [2.45, 2.75) is 80.9 Å². The second-order valence-corrected chi connectivity index (χ2v) is 15.4. The van der Waals surface area contributed by atoms with E-state index in [9.17, 15) is 56.8 Å². The van der Waals surface area contributed by atoms with Crippen molar-refractivity contribution in [3.8, 4) is 0 Å². The SMILES string of the molecule is Nc1ccn([C@H]2C[C@H](OP(=O)(O)OC[C@H]3O[C@@H](n4cnc5c(N)ncnc54)[C@H](O)[C@@H]3OC(=O)[C@@H](N)CCCCNC(=O)C(F)(F)F)[C@@H](CO[PH](O)(O)O)O2)c(=O)n1. The summed E-state index contributed by atoms with van der Waals surface area (Å²) >= 11 is 0. The van der Waals surface area contributed by atoms with E-state index in [2.05, 4.69) is 24.5 Å². The van der Waals surface area contributed by atoms with Crippen molar-refractivity contribution < 1.29 is 79.8 Å². The molecule has 1 unspecified atom stereocenters. The van der Waals surface area contributed by atoms with Crippen molar-refractivity contribution in [3.05, 3.63) is 35.4 Å². The number of phosphoric acid groups is 1. The molecule has 0 bridgehead atoms. The number of alkyl halides is 3. The summed E-state index contributed by atoms with van der Waals surface area (Å²) in [5.74, 6) is -3.39. The number of aliphatic hydroxyl groups excluding tert-OH is 1. The molecule has 5 heterocycles. The molecule has 2 aliphatic heterocycles.